The average molecular weight is 240 g/mol. The Morgan fingerprint density at radius 3 is 2.76 bits per heavy atom. The maximum atomic E-state index is 13.8. The third kappa shape index (κ3) is 3.77. The molecule has 0 bridgehead atoms. The van der Waals surface area contributed by atoms with Gasteiger partial charge in [-0.2, -0.15) is 0 Å². The van der Waals surface area contributed by atoms with Crippen molar-refractivity contribution in [1.29, 1.82) is 0 Å². The van der Waals surface area contributed by atoms with Crippen LogP contribution in [0.2, 0.25) is 0 Å². The summed E-state index contributed by atoms with van der Waals surface area (Å²) in [6, 6.07) is 4.89. The maximum absolute atomic E-state index is 13.8. The molecule has 3 N–H and O–H groups in total. The van der Waals surface area contributed by atoms with Crippen molar-refractivity contribution in [2.45, 2.75) is 26.3 Å². The highest BCUT2D eigenvalue weighted by molar-refractivity contribution is 5.27. The van der Waals surface area contributed by atoms with Crippen molar-refractivity contribution in [2.75, 3.05) is 13.7 Å². The zero-order valence-electron chi connectivity index (χ0n) is 10.7. The lowest BCUT2D eigenvalue weighted by Crippen LogP contribution is -2.33. The third-order valence-electron chi connectivity index (χ3n) is 3.01. The first-order valence-electron chi connectivity index (χ1n) is 5.81. The number of hydrogen-bond acceptors (Lipinski definition) is 3. The first-order valence-corrected chi connectivity index (χ1v) is 5.81. The van der Waals surface area contributed by atoms with Gasteiger partial charge in [-0.05, 0) is 25.3 Å². The number of hydrogen-bond donors (Lipinski definition) is 2. The maximum Gasteiger partial charge on any atom is 0.128 e. The summed E-state index contributed by atoms with van der Waals surface area (Å²) in [5.74, 6) is 5.52. The van der Waals surface area contributed by atoms with Crippen LogP contribution in [0.1, 0.15) is 30.5 Å². The quantitative estimate of drug-likeness (QED) is 0.592. The molecule has 1 rings (SSSR count). The summed E-state index contributed by atoms with van der Waals surface area (Å²) in [6.07, 6.45) is 0.832. The molecular formula is C13H21FN2O. The van der Waals surface area contributed by atoms with Crippen molar-refractivity contribution in [2.24, 2.45) is 11.8 Å². The Balaban J connectivity index is 2.88. The lowest BCUT2D eigenvalue weighted by Gasteiger charge is -2.24. The van der Waals surface area contributed by atoms with Crippen LogP contribution in [0.25, 0.3) is 0 Å². The molecule has 0 amide bonds. The molecule has 1 aromatic rings. The topological polar surface area (TPSA) is 47.3 Å². The molecule has 17 heavy (non-hydrogen) atoms. The SMILES string of the molecule is COCCC(C)C(NN)c1cc(C)ccc1F. The molecule has 96 valence electrons. The van der Waals surface area contributed by atoms with Gasteiger partial charge in [-0.15, -0.1) is 0 Å². The van der Waals surface area contributed by atoms with Crippen molar-refractivity contribution in [1.82, 2.24) is 5.43 Å². The molecule has 4 heteroatoms. The van der Waals surface area contributed by atoms with E-state index >= 15 is 0 Å². The largest absolute Gasteiger partial charge is 0.385 e. The number of hydrazine groups is 1. The fourth-order valence-electron chi connectivity index (χ4n) is 1.93. The van der Waals surface area contributed by atoms with Gasteiger partial charge in [0.2, 0.25) is 0 Å². The van der Waals surface area contributed by atoms with E-state index in [1.807, 2.05) is 19.9 Å². The molecule has 0 radical (unpaired) electrons. The molecule has 0 fully saturated rings. The normalized spacial score (nSPS) is 14.6. The van der Waals surface area contributed by atoms with Crippen molar-refractivity contribution in [3.8, 4) is 0 Å². The van der Waals surface area contributed by atoms with Crippen molar-refractivity contribution >= 4 is 0 Å². The van der Waals surface area contributed by atoms with Crippen LogP contribution in [0.4, 0.5) is 4.39 Å². The van der Waals surface area contributed by atoms with Gasteiger partial charge in [0.1, 0.15) is 5.82 Å². The minimum absolute atomic E-state index is 0.190. The minimum atomic E-state index is -0.220. The van der Waals surface area contributed by atoms with E-state index in [-0.39, 0.29) is 17.8 Å². The second kappa shape index (κ2) is 6.69. The fraction of sp³-hybridized carbons (Fsp3) is 0.538. The first-order chi connectivity index (χ1) is 8.10. The van der Waals surface area contributed by atoms with Crippen molar-refractivity contribution in [3.05, 3.63) is 35.1 Å². The second-order valence-corrected chi connectivity index (χ2v) is 4.43. The Labute approximate surface area is 102 Å². The molecule has 0 saturated carbocycles. The Morgan fingerprint density at radius 1 is 1.47 bits per heavy atom. The van der Waals surface area contributed by atoms with Gasteiger partial charge in [0.15, 0.2) is 0 Å². The van der Waals surface area contributed by atoms with Crippen LogP contribution in [-0.4, -0.2) is 13.7 Å². The number of benzene rings is 1. The molecule has 0 heterocycles. The average Bonchev–Trinajstić information content (AvgIpc) is 2.32. The van der Waals surface area contributed by atoms with Crippen molar-refractivity contribution < 1.29 is 9.13 Å². The zero-order chi connectivity index (χ0) is 12.8. The fourth-order valence-corrected chi connectivity index (χ4v) is 1.93. The molecule has 0 aliphatic rings. The summed E-state index contributed by atoms with van der Waals surface area (Å²) in [6.45, 7) is 4.62. The van der Waals surface area contributed by atoms with Crippen LogP contribution in [0.3, 0.4) is 0 Å². The summed E-state index contributed by atoms with van der Waals surface area (Å²) in [4.78, 5) is 0. The van der Waals surface area contributed by atoms with Gasteiger partial charge >= 0.3 is 0 Å². The van der Waals surface area contributed by atoms with Crippen LogP contribution in [0, 0.1) is 18.7 Å². The number of nitrogens with two attached hydrogens (primary N) is 1. The van der Waals surface area contributed by atoms with E-state index in [2.05, 4.69) is 5.43 Å². The number of halogens is 1. The van der Waals surface area contributed by atoms with Gasteiger partial charge in [-0.3, -0.25) is 11.3 Å². The second-order valence-electron chi connectivity index (χ2n) is 4.43. The Bertz CT molecular complexity index is 357. The van der Waals surface area contributed by atoms with E-state index in [1.54, 1.807) is 13.2 Å². The number of ether oxygens (including phenoxy) is 1. The molecule has 0 spiro atoms. The number of aryl methyl sites for hydroxylation is 1. The molecule has 0 aliphatic heterocycles. The predicted molar refractivity (Wildman–Crippen MR) is 66.9 cm³/mol. The van der Waals surface area contributed by atoms with E-state index in [0.717, 1.165) is 12.0 Å². The van der Waals surface area contributed by atoms with Crippen LogP contribution < -0.4 is 11.3 Å². The summed E-state index contributed by atoms with van der Waals surface area (Å²) in [7, 11) is 1.66. The highest BCUT2D eigenvalue weighted by Crippen LogP contribution is 2.26. The number of methoxy groups -OCH3 is 1. The molecule has 2 atom stereocenters. The molecule has 0 aromatic heterocycles. The Morgan fingerprint density at radius 2 is 2.18 bits per heavy atom. The van der Waals surface area contributed by atoms with Gasteiger partial charge in [0, 0.05) is 19.3 Å². The first kappa shape index (κ1) is 14.1. The Hall–Kier alpha value is -0.970. The molecule has 1 aromatic carbocycles. The predicted octanol–water partition coefficient (Wildman–Crippen LogP) is 2.31. The molecule has 3 nitrogen and oxygen atoms in total. The van der Waals surface area contributed by atoms with Gasteiger partial charge < -0.3 is 4.74 Å². The van der Waals surface area contributed by atoms with Crippen molar-refractivity contribution in [3.63, 3.8) is 0 Å². The molecule has 0 saturated heterocycles. The highest BCUT2D eigenvalue weighted by atomic mass is 19.1. The van der Waals surface area contributed by atoms with Crippen LogP contribution in [-0.2, 0) is 4.74 Å². The third-order valence-corrected chi connectivity index (χ3v) is 3.01. The summed E-state index contributed by atoms with van der Waals surface area (Å²) in [5, 5.41) is 0. The minimum Gasteiger partial charge on any atom is -0.385 e. The van der Waals surface area contributed by atoms with E-state index in [9.17, 15) is 4.39 Å². The lowest BCUT2D eigenvalue weighted by atomic mass is 9.91. The molecule has 2 unspecified atom stereocenters. The standard InChI is InChI=1S/C13H21FN2O/c1-9-4-5-12(14)11(8-9)13(16-15)10(2)6-7-17-3/h4-5,8,10,13,16H,6-7,15H2,1-3H3. The summed E-state index contributed by atoms with van der Waals surface area (Å²) < 4.78 is 18.8. The Kier molecular flexibility index (Phi) is 5.55. The van der Waals surface area contributed by atoms with E-state index in [0.29, 0.717) is 12.2 Å². The van der Waals surface area contributed by atoms with Crippen LogP contribution >= 0.6 is 0 Å². The van der Waals surface area contributed by atoms with Gasteiger partial charge in [-0.1, -0.05) is 24.6 Å². The summed E-state index contributed by atoms with van der Waals surface area (Å²) >= 11 is 0. The monoisotopic (exact) mass is 240 g/mol. The smallest absolute Gasteiger partial charge is 0.128 e. The van der Waals surface area contributed by atoms with E-state index in [1.165, 1.54) is 6.07 Å². The van der Waals surface area contributed by atoms with E-state index < -0.39 is 0 Å². The lowest BCUT2D eigenvalue weighted by molar-refractivity contribution is 0.169. The number of nitrogens with one attached hydrogen (secondary N) is 1. The van der Waals surface area contributed by atoms with Crippen LogP contribution in [0.5, 0.6) is 0 Å². The highest BCUT2D eigenvalue weighted by Gasteiger charge is 2.20. The van der Waals surface area contributed by atoms with Gasteiger partial charge in [0.25, 0.3) is 0 Å². The zero-order valence-corrected chi connectivity index (χ0v) is 10.7. The molecule has 0 aliphatic carbocycles. The van der Waals surface area contributed by atoms with Crippen LogP contribution in [0.15, 0.2) is 18.2 Å². The van der Waals surface area contributed by atoms with E-state index in [4.69, 9.17) is 10.6 Å². The van der Waals surface area contributed by atoms with Gasteiger partial charge in [-0.25, -0.2) is 4.39 Å². The summed E-state index contributed by atoms with van der Waals surface area (Å²) in [5.41, 5.74) is 4.35. The number of rotatable bonds is 6. The van der Waals surface area contributed by atoms with Gasteiger partial charge in [0.05, 0.1) is 6.04 Å². The molecular weight excluding hydrogens is 219 g/mol.